The molecule has 3 aromatic carbocycles. The summed E-state index contributed by atoms with van der Waals surface area (Å²) in [6.45, 7) is 0.891. The predicted octanol–water partition coefficient (Wildman–Crippen LogP) is 4.40. The largest absolute Gasteiger partial charge is 0.309 e. The maximum Gasteiger partial charge on any atom is 0.180 e. The fourth-order valence-electron chi connectivity index (χ4n) is 3.99. The Morgan fingerprint density at radius 1 is 0.821 bits per heavy atom. The molecule has 4 aromatic rings. The number of benzene rings is 3. The van der Waals surface area contributed by atoms with Gasteiger partial charge in [0.25, 0.3) is 0 Å². The summed E-state index contributed by atoms with van der Waals surface area (Å²) in [6, 6.07) is 26.5. The third kappa shape index (κ3) is 3.47. The van der Waals surface area contributed by atoms with E-state index in [9.17, 15) is 0 Å². The van der Waals surface area contributed by atoms with Crippen molar-refractivity contribution < 1.29 is 0 Å². The maximum absolute atomic E-state index is 4.21. The van der Waals surface area contributed by atoms with Crippen LogP contribution in [0.3, 0.4) is 0 Å². The summed E-state index contributed by atoms with van der Waals surface area (Å²) in [5.74, 6) is 0.724. The van der Waals surface area contributed by atoms with Crippen LogP contribution in [0.1, 0.15) is 16.7 Å². The SMILES string of the molecule is c1cc(CNC2Cc3ccccc3C2)cc(-c2ccc(-c3nc[nH]n3)cc2)c1. The summed E-state index contributed by atoms with van der Waals surface area (Å²) >= 11 is 0. The molecule has 0 atom stereocenters. The molecule has 0 saturated heterocycles. The molecule has 0 fully saturated rings. The molecule has 0 amide bonds. The molecule has 4 heteroatoms. The molecule has 4 nitrogen and oxygen atoms in total. The Balaban J connectivity index is 1.26. The highest BCUT2D eigenvalue weighted by atomic mass is 15.2. The summed E-state index contributed by atoms with van der Waals surface area (Å²) in [6.07, 6.45) is 3.85. The number of hydrogen-bond donors (Lipinski definition) is 2. The highest BCUT2D eigenvalue weighted by Gasteiger charge is 2.20. The minimum atomic E-state index is 0.529. The van der Waals surface area contributed by atoms with E-state index in [1.807, 2.05) is 0 Å². The first-order chi connectivity index (χ1) is 13.8. The van der Waals surface area contributed by atoms with Gasteiger partial charge in [-0.25, -0.2) is 4.98 Å². The summed E-state index contributed by atoms with van der Waals surface area (Å²) in [5.41, 5.74) is 7.74. The van der Waals surface area contributed by atoms with Gasteiger partial charge in [0, 0.05) is 18.2 Å². The molecule has 0 aliphatic heterocycles. The molecule has 5 rings (SSSR count). The van der Waals surface area contributed by atoms with Gasteiger partial charge in [0.15, 0.2) is 5.82 Å². The standard InChI is InChI=1S/C24H22N4/c1-2-6-22-14-23(13-21(22)5-1)25-15-17-4-3-7-20(12-17)18-8-10-19(11-9-18)24-26-16-27-28-24/h1-12,16,23,25H,13-15H2,(H,26,27,28). The first-order valence-electron chi connectivity index (χ1n) is 9.71. The quantitative estimate of drug-likeness (QED) is 0.551. The Hall–Kier alpha value is -3.24. The van der Waals surface area contributed by atoms with Crippen molar-refractivity contribution in [2.24, 2.45) is 0 Å². The summed E-state index contributed by atoms with van der Waals surface area (Å²) in [7, 11) is 0. The van der Waals surface area contributed by atoms with Gasteiger partial charge >= 0.3 is 0 Å². The molecule has 0 bridgehead atoms. The van der Waals surface area contributed by atoms with Crippen LogP contribution in [0.5, 0.6) is 0 Å². The Morgan fingerprint density at radius 3 is 2.29 bits per heavy atom. The van der Waals surface area contributed by atoms with Crippen LogP contribution in [0.15, 0.2) is 79.1 Å². The van der Waals surface area contributed by atoms with E-state index < -0.39 is 0 Å². The second-order valence-corrected chi connectivity index (χ2v) is 7.36. The Labute approximate surface area is 164 Å². The van der Waals surface area contributed by atoms with E-state index in [2.05, 4.69) is 93.3 Å². The summed E-state index contributed by atoms with van der Waals surface area (Å²) < 4.78 is 0. The first-order valence-corrected chi connectivity index (χ1v) is 9.71. The van der Waals surface area contributed by atoms with Crippen molar-refractivity contribution in [3.63, 3.8) is 0 Å². The minimum Gasteiger partial charge on any atom is -0.309 e. The summed E-state index contributed by atoms with van der Waals surface area (Å²) in [4.78, 5) is 4.21. The predicted molar refractivity (Wildman–Crippen MR) is 112 cm³/mol. The number of rotatable bonds is 5. The number of hydrogen-bond acceptors (Lipinski definition) is 3. The molecule has 1 aliphatic carbocycles. The van der Waals surface area contributed by atoms with E-state index in [0.29, 0.717) is 6.04 Å². The van der Waals surface area contributed by atoms with Crippen molar-refractivity contribution in [2.75, 3.05) is 0 Å². The number of H-pyrrole nitrogens is 1. The third-order valence-electron chi connectivity index (χ3n) is 5.46. The van der Waals surface area contributed by atoms with Crippen molar-refractivity contribution in [2.45, 2.75) is 25.4 Å². The molecule has 28 heavy (non-hydrogen) atoms. The molecule has 138 valence electrons. The molecule has 0 spiro atoms. The Morgan fingerprint density at radius 2 is 1.57 bits per heavy atom. The number of nitrogens with zero attached hydrogens (tertiary/aromatic N) is 2. The number of fused-ring (bicyclic) bond motifs is 1. The molecule has 0 saturated carbocycles. The van der Waals surface area contributed by atoms with E-state index in [1.165, 1.54) is 27.8 Å². The van der Waals surface area contributed by atoms with Crippen LogP contribution >= 0.6 is 0 Å². The lowest BCUT2D eigenvalue weighted by atomic mass is 10.0. The van der Waals surface area contributed by atoms with Crippen LogP contribution in [0.2, 0.25) is 0 Å². The van der Waals surface area contributed by atoms with Gasteiger partial charge in [-0.15, -0.1) is 0 Å². The van der Waals surface area contributed by atoms with Crippen LogP contribution in [0.4, 0.5) is 0 Å². The third-order valence-corrected chi connectivity index (χ3v) is 5.46. The smallest absolute Gasteiger partial charge is 0.180 e. The van der Waals surface area contributed by atoms with Gasteiger partial charge in [0.2, 0.25) is 0 Å². The van der Waals surface area contributed by atoms with E-state index in [0.717, 1.165) is 30.8 Å². The number of nitrogens with one attached hydrogen (secondary N) is 2. The second-order valence-electron chi connectivity index (χ2n) is 7.36. The highest BCUT2D eigenvalue weighted by molar-refractivity contribution is 5.68. The van der Waals surface area contributed by atoms with E-state index in [1.54, 1.807) is 6.33 Å². The zero-order valence-corrected chi connectivity index (χ0v) is 15.6. The number of aromatic amines is 1. The van der Waals surface area contributed by atoms with Gasteiger partial charge in [0.05, 0.1) is 0 Å². The lowest BCUT2D eigenvalue weighted by molar-refractivity contribution is 0.533. The average Bonchev–Trinajstić information content (AvgIpc) is 3.42. The van der Waals surface area contributed by atoms with Crippen LogP contribution in [0.25, 0.3) is 22.5 Å². The molecule has 1 heterocycles. The average molecular weight is 366 g/mol. The van der Waals surface area contributed by atoms with Gasteiger partial charge in [-0.05, 0) is 46.7 Å². The zero-order valence-electron chi connectivity index (χ0n) is 15.6. The molecule has 2 N–H and O–H groups in total. The van der Waals surface area contributed by atoms with Crippen LogP contribution < -0.4 is 5.32 Å². The van der Waals surface area contributed by atoms with Crippen molar-refractivity contribution in [1.29, 1.82) is 0 Å². The molecule has 1 aliphatic rings. The van der Waals surface area contributed by atoms with Gasteiger partial charge in [-0.3, -0.25) is 5.10 Å². The van der Waals surface area contributed by atoms with E-state index in [-0.39, 0.29) is 0 Å². The highest BCUT2D eigenvalue weighted by Crippen LogP contribution is 2.25. The maximum atomic E-state index is 4.21. The molecular formula is C24H22N4. The second kappa shape index (κ2) is 7.41. The van der Waals surface area contributed by atoms with Crippen molar-refractivity contribution >= 4 is 0 Å². The summed E-state index contributed by atoms with van der Waals surface area (Å²) in [5, 5.41) is 10.6. The van der Waals surface area contributed by atoms with Gasteiger partial charge in [0.1, 0.15) is 6.33 Å². The molecular weight excluding hydrogens is 344 g/mol. The Bertz CT molecular complexity index is 1040. The molecule has 0 radical (unpaired) electrons. The zero-order chi connectivity index (χ0) is 18.8. The molecule has 0 unspecified atom stereocenters. The Kier molecular flexibility index (Phi) is 4.47. The first kappa shape index (κ1) is 16.9. The van der Waals surface area contributed by atoms with Gasteiger partial charge in [-0.2, -0.15) is 5.10 Å². The van der Waals surface area contributed by atoms with Crippen molar-refractivity contribution in [1.82, 2.24) is 20.5 Å². The van der Waals surface area contributed by atoms with Gasteiger partial charge < -0.3 is 5.32 Å². The van der Waals surface area contributed by atoms with Crippen LogP contribution in [0, 0.1) is 0 Å². The number of aromatic nitrogens is 3. The van der Waals surface area contributed by atoms with Crippen molar-refractivity contribution in [3.8, 4) is 22.5 Å². The monoisotopic (exact) mass is 366 g/mol. The normalized spacial score (nSPS) is 13.6. The van der Waals surface area contributed by atoms with E-state index in [4.69, 9.17) is 0 Å². The lowest BCUT2D eigenvalue weighted by Crippen LogP contribution is -2.28. The fourth-order valence-corrected chi connectivity index (χ4v) is 3.99. The minimum absolute atomic E-state index is 0.529. The van der Waals surface area contributed by atoms with Crippen LogP contribution in [-0.4, -0.2) is 21.2 Å². The molecule has 1 aromatic heterocycles. The van der Waals surface area contributed by atoms with Gasteiger partial charge in [-0.1, -0.05) is 66.7 Å². The van der Waals surface area contributed by atoms with Crippen molar-refractivity contribution in [3.05, 3.63) is 95.8 Å². The fraction of sp³-hybridized carbons (Fsp3) is 0.167. The van der Waals surface area contributed by atoms with E-state index >= 15 is 0 Å². The topological polar surface area (TPSA) is 53.6 Å². The lowest BCUT2D eigenvalue weighted by Gasteiger charge is -2.13. The van der Waals surface area contributed by atoms with Crippen LogP contribution in [-0.2, 0) is 19.4 Å².